The Balaban J connectivity index is 1.86. The molecule has 0 aliphatic heterocycles. The molecule has 2 aromatic carbocycles. The van der Waals surface area contributed by atoms with E-state index in [1.807, 2.05) is 24.3 Å². The van der Waals surface area contributed by atoms with Gasteiger partial charge in [0.25, 0.3) is 0 Å². The van der Waals surface area contributed by atoms with Gasteiger partial charge < -0.3 is 10.2 Å². The van der Waals surface area contributed by atoms with Crippen molar-refractivity contribution in [1.29, 1.82) is 0 Å². The number of sulfonamides is 1. The second-order valence-electron chi connectivity index (χ2n) is 8.92. The third-order valence-electron chi connectivity index (χ3n) is 6.15. The number of anilines is 1. The summed E-state index contributed by atoms with van der Waals surface area (Å²) in [4.78, 5) is 28.2. The maximum atomic E-state index is 13.6. The second kappa shape index (κ2) is 12.4. The maximum absolute atomic E-state index is 13.6. The highest BCUT2D eigenvalue weighted by molar-refractivity contribution is 9.10. The maximum Gasteiger partial charge on any atom is 0.244 e. The highest BCUT2D eigenvalue weighted by Gasteiger charge is 2.31. The van der Waals surface area contributed by atoms with Crippen molar-refractivity contribution in [2.75, 3.05) is 17.1 Å². The monoisotopic (exact) mass is 627 g/mol. The summed E-state index contributed by atoms with van der Waals surface area (Å²) >= 11 is 6.80. The number of rotatable bonds is 9. The minimum absolute atomic E-state index is 0.108. The zero-order valence-corrected chi connectivity index (χ0v) is 23.9. The largest absolute Gasteiger partial charge is 0.352 e. The Morgan fingerprint density at radius 2 is 1.69 bits per heavy atom. The molecule has 1 atom stereocenters. The number of hydrogen-bond acceptors (Lipinski definition) is 4. The predicted molar refractivity (Wildman–Crippen MR) is 146 cm³/mol. The fourth-order valence-electron chi connectivity index (χ4n) is 4.20. The second-order valence-corrected chi connectivity index (χ2v) is 12.7. The van der Waals surface area contributed by atoms with E-state index < -0.39 is 28.5 Å². The molecule has 0 heterocycles. The molecule has 0 spiro atoms. The quantitative estimate of drug-likeness (QED) is 0.430. The number of carbonyl (C=O) groups excluding carboxylic acids is 2. The number of benzene rings is 2. The van der Waals surface area contributed by atoms with Crippen molar-refractivity contribution in [3.05, 3.63) is 63.0 Å². The summed E-state index contributed by atoms with van der Waals surface area (Å²) in [5.41, 5.74) is 1.21. The highest BCUT2D eigenvalue weighted by Crippen LogP contribution is 2.23. The van der Waals surface area contributed by atoms with Crippen LogP contribution in [0.3, 0.4) is 0 Å². The van der Waals surface area contributed by atoms with Gasteiger partial charge in [0, 0.05) is 21.5 Å². The Kier molecular flexibility index (Phi) is 9.77. The molecule has 2 aromatic rings. The van der Waals surface area contributed by atoms with Crippen LogP contribution in [-0.4, -0.2) is 50.0 Å². The van der Waals surface area contributed by atoms with Crippen LogP contribution in [0.5, 0.6) is 0 Å². The Hall–Kier alpha value is -1.91. The van der Waals surface area contributed by atoms with Gasteiger partial charge in [-0.25, -0.2) is 8.42 Å². The van der Waals surface area contributed by atoms with Gasteiger partial charge in [0.1, 0.15) is 12.6 Å². The summed E-state index contributed by atoms with van der Waals surface area (Å²) in [6, 6.07) is 13.6. The van der Waals surface area contributed by atoms with Crippen molar-refractivity contribution >= 4 is 59.4 Å². The topological polar surface area (TPSA) is 86.8 Å². The first-order chi connectivity index (χ1) is 16.5. The zero-order valence-electron chi connectivity index (χ0n) is 19.9. The first-order valence-electron chi connectivity index (χ1n) is 11.6. The van der Waals surface area contributed by atoms with Gasteiger partial charge in [-0.1, -0.05) is 63.3 Å². The molecular formula is C25H31Br2N3O4S. The lowest BCUT2D eigenvalue weighted by molar-refractivity contribution is -0.139. The Morgan fingerprint density at radius 1 is 1.03 bits per heavy atom. The molecule has 10 heteroatoms. The Bertz CT molecular complexity index is 1140. The third-order valence-corrected chi connectivity index (χ3v) is 8.32. The number of halogens is 2. The van der Waals surface area contributed by atoms with Gasteiger partial charge in [-0.15, -0.1) is 0 Å². The van der Waals surface area contributed by atoms with Crippen LogP contribution in [0, 0.1) is 0 Å². The van der Waals surface area contributed by atoms with E-state index in [-0.39, 0.29) is 18.5 Å². The summed E-state index contributed by atoms with van der Waals surface area (Å²) in [6.07, 6.45) is 6.27. The molecule has 7 nitrogen and oxygen atoms in total. The number of hydrogen-bond donors (Lipinski definition) is 1. The van der Waals surface area contributed by atoms with Crippen molar-refractivity contribution in [1.82, 2.24) is 10.2 Å². The lowest BCUT2D eigenvalue weighted by Gasteiger charge is -2.33. The fourth-order valence-corrected chi connectivity index (χ4v) is 5.77. The minimum Gasteiger partial charge on any atom is -0.352 e. The lowest BCUT2D eigenvalue weighted by Crippen LogP contribution is -2.52. The predicted octanol–water partition coefficient (Wildman–Crippen LogP) is 4.84. The number of carbonyl (C=O) groups is 2. The number of amides is 2. The van der Waals surface area contributed by atoms with Crippen LogP contribution >= 0.6 is 31.9 Å². The smallest absolute Gasteiger partial charge is 0.244 e. The van der Waals surface area contributed by atoms with Crippen LogP contribution in [0.1, 0.15) is 44.6 Å². The third kappa shape index (κ3) is 8.05. The molecule has 0 radical (unpaired) electrons. The van der Waals surface area contributed by atoms with Gasteiger partial charge in [0.2, 0.25) is 21.8 Å². The molecule has 0 saturated heterocycles. The summed E-state index contributed by atoms with van der Waals surface area (Å²) in [6.45, 7) is 1.46. The summed E-state index contributed by atoms with van der Waals surface area (Å²) < 4.78 is 27.9. The lowest BCUT2D eigenvalue weighted by atomic mass is 9.95. The van der Waals surface area contributed by atoms with Crippen LogP contribution in [0.4, 0.5) is 5.69 Å². The van der Waals surface area contributed by atoms with Crippen LogP contribution in [-0.2, 0) is 26.2 Å². The Labute approximate surface area is 224 Å². The van der Waals surface area contributed by atoms with Crippen LogP contribution in [0.25, 0.3) is 0 Å². The van der Waals surface area contributed by atoms with Crippen molar-refractivity contribution in [2.24, 2.45) is 0 Å². The summed E-state index contributed by atoms with van der Waals surface area (Å²) in [5, 5.41) is 3.09. The van der Waals surface area contributed by atoms with Gasteiger partial charge in [-0.05, 0) is 61.7 Å². The molecule has 1 unspecified atom stereocenters. The molecular weight excluding hydrogens is 598 g/mol. The first-order valence-corrected chi connectivity index (χ1v) is 15.1. The summed E-state index contributed by atoms with van der Waals surface area (Å²) in [7, 11) is -3.75. The molecule has 1 aliphatic rings. The van der Waals surface area contributed by atoms with E-state index in [2.05, 4.69) is 37.2 Å². The van der Waals surface area contributed by atoms with Gasteiger partial charge in [0.05, 0.1) is 11.9 Å². The molecule has 190 valence electrons. The molecule has 2 amide bonds. The van der Waals surface area contributed by atoms with Gasteiger partial charge >= 0.3 is 0 Å². The van der Waals surface area contributed by atoms with E-state index in [0.29, 0.717) is 5.69 Å². The molecule has 0 aromatic heterocycles. The summed E-state index contributed by atoms with van der Waals surface area (Å²) in [5.74, 6) is -0.681. The molecule has 1 aliphatic carbocycles. The van der Waals surface area contributed by atoms with Crippen LogP contribution < -0.4 is 9.62 Å². The zero-order chi connectivity index (χ0) is 25.6. The standard InChI is InChI=1S/C25H31Br2N3O4S/c1-18(25(32)28-22-9-4-3-5-10-22)29(16-19-7-6-8-21(27)15-19)24(31)17-30(35(2,33)34)23-13-11-20(26)12-14-23/h6-8,11-15,18,22H,3-5,9-10,16-17H2,1-2H3,(H,28,32). The first kappa shape index (κ1) is 27.7. The normalized spacial score (nSPS) is 15.3. The van der Waals surface area contributed by atoms with Crippen molar-refractivity contribution in [3.8, 4) is 0 Å². The highest BCUT2D eigenvalue weighted by atomic mass is 79.9. The SMILES string of the molecule is CC(C(=O)NC1CCCCC1)N(Cc1cccc(Br)c1)C(=O)CN(c1ccc(Br)cc1)S(C)(=O)=O. The van der Waals surface area contributed by atoms with E-state index in [4.69, 9.17) is 0 Å². The average molecular weight is 629 g/mol. The van der Waals surface area contributed by atoms with Crippen LogP contribution in [0.2, 0.25) is 0 Å². The van der Waals surface area contributed by atoms with Gasteiger partial charge in [0.15, 0.2) is 0 Å². The van der Waals surface area contributed by atoms with E-state index >= 15 is 0 Å². The van der Waals surface area contributed by atoms with E-state index in [9.17, 15) is 18.0 Å². The van der Waals surface area contributed by atoms with Crippen LogP contribution in [0.15, 0.2) is 57.5 Å². The molecule has 0 bridgehead atoms. The van der Waals surface area contributed by atoms with Gasteiger partial charge in [-0.2, -0.15) is 0 Å². The van der Waals surface area contributed by atoms with Crippen molar-refractivity contribution < 1.29 is 18.0 Å². The van der Waals surface area contributed by atoms with E-state index in [1.165, 1.54) is 11.3 Å². The fraction of sp³-hybridized carbons (Fsp3) is 0.440. The molecule has 1 fully saturated rings. The number of nitrogens with zero attached hydrogens (tertiary/aromatic N) is 2. The molecule has 3 rings (SSSR count). The molecule has 1 N–H and O–H groups in total. The molecule has 1 saturated carbocycles. The average Bonchev–Trinajstić information content (AvgIpc) is 2.81. The van der Waals surface area contributed by atoms with E-state index in [1.54, 1.807) is 31.2 Å². The minimum atomic E-state index is -3.75. The van der Waals surface area contributed by atoms with Crippen molar-refractivity contribution in [3.63, 3.8) is 0 Å². The molecule has 35 heavy (non-hydrogen) atoms. The number of nitrogens with one attached hydrogen (secondary N) is 1. The van der Waals surface area contributed by atoms with Crippen molar-refractivity contribution in [2.45, 2.75) is 57.7 Å². The van der Waals surface area contributed by atoms with Gasteiger partial charge in [-0.3, -0.25) is 13.9 Å². The van der Waals surface area contributed by atoms with E-state index in [0.717, 1.165) is 50.8 Å². The Morgan fingerprint density at radius 3 is 2.29 bits per heavy atom.